The van der Waals surface area contributed by atoms with Crippen LogP contribution < -0.4 is 15.0 Å². The normalized spacial score (nSPS) is 21.3. The number of carbonyl (C=O) groups excluding carboxylic acids is 1. The molecular formula is C30H34Cl2N4O3. The van der Waals surface area contributed by atoms with E-state index in [9.17, 15) is 9.90 Å². The molecule has 0 radical (unpaired) electrons. The number of fused-ring (bicyclic) bond motifs is 1. The number of aliphatic hydroxyl groups excluding tert-OH is 1. The molecule has 1 saturated carbocycles. The molecule has 2 saturated heterocycles. The Balaban J connectivity index is 1.14. The van der Waals surface area contributed by atoms with Crippen LogP contribution in [0.3, 0.4) is 0 Å². The summed E-state index contributed by atoms with van der Waals surface area (Å²) in [6.45, 7) is 3.88. The van der Waals surface area contributed by atoms with E-state index in [1.807, 2.05) is 42.5 Å². The third-order valence-electron chi connectivity index (χ3n) is 8.00. The highest BCUT2D eigenvalue weighted by molar-refractivity contribution is 6.32. The number of rotatable bonds is 9. The fourth-order valence-corrected chi connectivity index (χ4v) is 6.02. The largest absolute Gasteiger partial charge is 0.489 e. The standard InChI is InChI=1S/C30H34Cl2N4O3/c31-22-5-8-25-19(15-22)4-10-28(33-25)36-14-11-21(17-36)30(38)34-26(18-35-12-1-2-13-35)29(37)20-3-9-27(24(32)16-20)39-23-6-7-23/h3-5,8-10,15-16,21,23,26,29,37H,1-2,6-7,11-14,17-18H2,(H,34,38)/t21?,26-,29-/m1/s1. The first-order valence-electron chi connectivity index (χ1n) is 13.9. The number of anilines is 1. The number of ether oxygens (including phenoxy) is 1. The van der Waals surface area contributed by atoms with Crippen molar-refractivity contribution in [2.24, 2.45) is 5.92 Å². The highest BCUT2D eigenvalue weighted by Gasteiger charge is 2.33. The SMILES string of the molecule is O=C(N[C@H](CN1CCCC1)[C@H](O)c1ccc(OC2CC2)c(Cl)c1)C1CCN(c2ccc3cc(Cl)ccc3n2)C1. The first kappa shape index (κ1) is 26.6. The van der Waals surface area contributed by atoms with Gasteiger partial charge in [0, 0.05) is 30.0 Å². The van der Waals surface area contributed by atoms with Crippen LogP contribution in [0.2, 0.25) is 10.0 Å². The van der Waals surface area contributed by atoms with Crippen molar-refractivity contribution >= 4 is 45.8 Å². The van der Waals surface area contributed by atoms with Gasteiger partial charge in [-0.1, -0.05) is 29.3 Å². The van der Waals surface area contributed by atoms with Gasteiger partial charge < -0.3 is 25.0 Å². The fraction of sp³-hybridized carbons (Fsp3) is 0.467. The molecule has 39 heavy (non-hydrogen) atoms. The number of hydrogen-bond acceptors (Lipinski definition) is 6. The Bertz CT molecular complexity index is 1350. The van der Waals surface area contributed by atoms with Gasteiger partial charge in [-0.3, -0.25) is 4.79 Å². The molecule has 1 aromatic heterocycles. The first-order chi connectivity index (χ1) is 18.9. The number of nitrogens with zero attached hydrogens (tertiary/aromatic N) is 3. The van der Waals surface area contributed by atoms with Crippen LogP contribution >= 0.6 is 23.2 Å². The third-order valence-corrected chi connectivity index (χ3v) is 8.53. The van der Waals surface area contributed by atoms with Gasteiger partial charge in [0.15, 0.2) is 0 Å². The molecule has 1 unspecified atom stereocenters. The minimum atomic E-state index is -0.881. The lowest BCUT2D eigenvalue weighted by Gasteiger charge is -2.30. The van der Waals surface area contributed by atoms with Gasteiger partial charge in [-0.15, -0.1) is 0 Å². The Morgan fingerprint density at radius 2 is 1.87 bits per heavy atom. The molecule has 3 fully saturated rings. The number of halogens is 2. The van der Waals surface area contributed by atoms with Gasteiger partial charge in [0.25, 0.3) is 0 Å². The highest BCUT2D eigenvalue weighted by Crippen LogP contribution is 2.34. The van der Waals surface area contributed by atoms with Crippen LogP contribution in [0.25, 0.3) is 10.9 Å². The van der Waals surface area contributed by atoms with E-state index in [-0.39, 0.29) is 17.9 Å². The number of carbonyl (C=O) groups is 1. The second kappa shape index (κ2) is 11.5. The van der Waals surface area contributed by atoms with Crippen LogP contribution in [0.4, 0.5) is 5.82 Å². The average molecular weight is 570 g/mol. The number of hydrogen-bond donors (Lipinski definition) is 2. The predicted molar refractivity (Wildman–Crippen MR) is 155 cm³/mol. The van der Waals surface area contributed by atoms with Crippen LogP contribution in [-0.4, -0.2) is 65.8 Å². The van der Waals surface area contributed by atoms with Crippen molar-refractivity contribution in [3.05, 3.63) is 64.1 Å². The van der Waals surface area contributed by atoms with Gasteiger partial charge in [-0.2, -0.15) is 0 Å². The van der Waals surface area contributed by atoms with Crippen LogP contribution in [0.5, 0.6) is 5.75 Å². The van der Waals surface area contributed by atoms with Gasteiger partial charge in [0.1, 0.15) is 17.7 Å². The Morgan fingerprint density at radius 3 is 2.64 bits per heavy atom. The molecule has 3 atom stereocenters. The summed E-state index contributed by atoms with van der Waals surface area (Å²) in [6, 6.07) is 14.7. The Labute approximate surface area is 239 Å². The van der Waals surface area contributed by atoms with Gasteiger partial charge in [-0.05, 0) is 93.2 Å². The molecule has 2 N–H and O–H groups in total. The van der Waals surface area contributed by atoms with E-state index in [1.165, 1.54) is 0 Å². The van der Waals surface area contributed by atoms with Crippen molar-refractivity contribution in [2.75, 3.05) is 37.6 Å². The lowest BCUT2D eigenvalue weighted by Crippen LogP contribution is -2.48. The van der Waals surface area contributed by atoms with Gasteiger partial charge in [-0.25, -0.2) is 4.98 Å². The Hall–Kier alpha value is -2.58. The zero-order chi connectivity index (χ0) is 26.9. The number of aliphatic hydroxyl groups is 1. The summed E-state index contributed by atoms with van der Waals surface area (Å²) in [4.78, 5) is 22.8. The number of amides is 1. The van der Waals surface area contributed by atoms with E-state index in [2.05, 4.69) is 15.1 Å². The molecule has 0 bridgehead atoms. The summed E-state index contributed by atoms with van der Waals surface area (Å²) in [5.74, 6) is 1.29. The monoisotopic (exact) mass is 568 g/mol. The third kappa shape index (κ3) is 6.27. The van der Waals surface area contributed by atoms with Crippen LogP contribution in [-0.2, 0) is 4.79 Å². The second-order valence-corrected chi connectivity index (χ2v) is 11.9. The van der Waals surface area contributed by atoms with E-state index in [1.54, 1.807) is 6.07 Å². The van der Waals surface area contributed by atoms with E-state index in [4.69, 9.17) is 32.9 Å². The molecule has 9 heteroatoms. The van der Waals surface area contributed by atoms with Gasteiger partial charge in [0.05, 0.1) is 28.6 Å². The smallest absolute Gasteiger partial charge is 0.225 e. The van der Waals surface area contributed by atoms with Crippen molar-refractivity contribution < 1.29 is 14.6 Å². The summed E-state index contributed by atoms with van der Waals surface area (Å²) < 4.78 is 5.86. The van der Waals surface area contributed by atoms with Crippen molar-refractivity contribution in [2.45, 2.75) is 50.4 Å². The van der Waals surface area contributed by atoms with Crippen LogP contribution in [0.15, 0.2) is 48.5 Å². The summed E-state index contributed by atoms with van der Waals surface area (Å²) in [7, 11) is 0. The zero-order valence-corrected chi connectivity index (χ0v) is 23.4. The molecule has 3 aliphatic rings. The molecule has 0 spiro atoms. The van der Waals surface area contributed by atoms with Gasteiger partial charge in [0.2, 0.25) is 5.91 Å². The maximum atomic E-state index is 13.5. The van der Waals surface area contributed by atoms with Crippen molar-refractivity contribution in [3.63, 3.8) is 0 Å². The summed E-state index contributed by atoms with van der Waals surface area (Å²) in [6.07, 6.45) is 4.47. The minimum Gasteiger partial charge on any atom is -0.489 e. The number of nitrogens with one attached hydrogen (secondary N) is 1. The Morgan fingerprint density at radius 1 is 1.05 bits per heavy atom. The zero-order valence-electron chi connectivity index (χ0n) is 21.9. The molecule has 2 aliphatic heterocycles. The quantitative estimate of drug-likeness (QED) is 0.368. The number of aromatic nitrogens is 1. The predicted octanol–water partition coefficient (Wildman–Crippen LogP) is 5.22. The van der Waals surface area contributed by atoms with E-state index < -0.39 is 12.1 Å². The van der Waals surface area contributed by atoms with Crippen LogP contribution in [0.1, 0.15) is 43.8 Å². The molecule has 1 aliphatic carbocycles. The number of pyridine rings is 1. The maximum Gasteiger partial charge on any atom is 0.225 e. The number of benzene rings is 2. The molecule has 1 amide bonds. The van der Waals surface area contributed by atoms with E-state index >= 15 is 0 Å². The molecule has 2 aromatic carbocycles. The van der Waals surface area contributed by atoms with Gasteiger partial charge >= 0.3 is 0 Å². The summed E-state index contributed by atoms with van der Waals surface area (Å²) >= 11 is 12.6. The Kier molecular flexibility index (Phi) is 7.85. The van der Waals surface area contributed by atoms with Crippen molar-refractivity contribution in [1.29, 1.82) is 0 Å². The molecule has 7 nitrogen and oxygen atoms in total. The first-order valence-corrected chi connectivity index (χ1v) is 14.7. The topological polar surface area (TPSA) is 77.9 Å². The number of likely N-dealkylation sites (tertiary alicyclic amines) is 1. The lowest BCUT2D eigenvalue weighted by molar-refractivity contribution is -0.126. The molecule has 3 aromatic rings. The van der Waals surface area contributed by atoms with Crippen molar-refractivity contribution in [1.82, 2.24) is 15.2 Å². The fourth-order valence-electron chi connectivity index (χ4n) is 5.61. The minimum absolute atomic E-state index is 0.0342. The molecule has 206 valence electrons. The molecule has 6 rings (SSSR count). The lowest BCUT2D eigenvalue weighted by atomic mass is 10.00. The van der Waals surface area contributed by atoms with Crippen molar-refractivity contribution in [3.8, 4) is 5.75 Å². The highest BCUT2D eigenvalue weighted by atomic mass is 35.5. The maximum absolute atomic E-state index is 13.5. The van der Waals surface area contributed by atoms with E-state index in [0.29, 0.717) is 34.4 Å². The second-order valence-electron chi connectivity index (χ2n) is 11.0. The summed E-state index contributed by atoms with van der Waals surface area (Å²) in [5, 5.41) is 16.8. The summed E-state index contributed by atoms with van der Waals surface area (Å²) in [5.41, 5.74) is 1.56. The van der Waals surface area contributed by atoms with Crippen LogP contribution in [0, 0.1) is 5.92 Å². The van der Waals surface area contributed by atoms with E-state index in [0.717, 1.165) is 68.5 Å². The average Bonchev–Trinajstić information content (AvgIpc) is 3.36. The molecule has 3 heterocycles. The molecular weight excluding hydrogens is 535 g/mol.